The summed E-state index contributed by atoms with van der Waals surface area (Å²) in [7, 11) is 0. The fraction of sp³-hybridized carbons (Fsp3) is 0.500. The first kappa shape index (κ1) is 10.4. The number of hydrogen-bond donors (Lipinski definition) is 1. The Bertz CT molecular complexity index is 231. The normalized spacial score (nSPS) is 12.7. The van der Waals surface area contributed by atoms with Crippen molar-refractivity contribution in [3.05, 3.63) is 29.2 Å². The summed E-state index contributed by atoms with van der Waals surface area (Å²) in [6.07, 6.45) is 6.04. The molecule has 1 aromatic heterocycles. The van der Waals surface area contributed by atoms with Gasteiger partial charge in [0, 0.05) is 11.6 Å². The lowest BCUT2D eigenvalue weighted by Gasteiger charge is -2.09. The molecule has 0 aromatic carbocycles. The summed E-state index contributed by atoms with van der Waals surface area (Å²) in [5.41, 5.74) is 0. The van der Waals surface area contributed by atoms with Crippen molar-refractivity contribution in [1.29, 1.82) is 0 Å². The van der Waals surface area contributed by atoms with Gasteiger partial charge in [-0.3, -0.25) is 0 Å². The van der Waals surface area contributed by atoms with E-state index in [1.807, 2.05) is 17.7 Å². The van der Waals surface area contributed by atoms with Crippen molar-refractivity contribution in [3.63, 3.8) is 0 Å². The topological polar surface area (TPSA) is 24.9 Å². The molecule has 1 rings (SSSR count). The standard InChI is InChI=1S/C10H16N2S/c1-3-4-5-6-11-9(2)10-12-7-8-13-10/h3,7-9,11H,1,4-6H2,2H3. The average Bonchev–Trinajstić information content (AvgIpc) is 2.65. The molecule has 1 unspecified atom stereocenters. The van der Waals surface area contributed by atoms with E-state index >= 15 is 0 Å². The van der Waals surface area contributed by atoms with E-state index in [0.717, 1.165) is 19.4 Å². The van der Waals surface area contributed by atoms with Crippen molar-refractivity contribution in [2.45, 2.75) is 25.8 Å². The van der Waals surface area contributed by atoms with Crippen LogP contribution in [0.5, 0.6) is 0 Å². The van der Waals surface area contributed by atoms with E-state index in [1.54, 1.807) is 11.3 Å². The number of nitrogens with one attached hydrogen (secondary N) is 1. The van der Waals surface area contributed by atoms with Gasteiger partial charge in [-0.15, -0.1) is 17.9 Å². The van der Waals surface area contributed by atoms with E-state index in [-0.39, 0.29) is 0 Å². The first-order valence-corrected chi connectivity index (χ1v) is 5.46. The third-order valence-electron chi connectivity index (χ3n) is 1.86. The molecule has 1 atom stereocenters. The Kier molecular flexibility index (Phi) is 4.72. The molecule has 72 valence electrons. The highest BCUT2D eigenvalue weighted by Gasteiger charge is 2.05. The Morgan fingerprint density at radius 2 is 2.62 bits per heavy atom. The molecule has 0 saturated carbocycles. The van der Waals surface area contributed by atoms with Gasteiger partial charge in [-0.25, -0.2) is 4.98 Å². The van der Waals surface area contributed by atoms with Crippen molar-refractivity contribution in [3.8, 4) is 0 Å². The van der Waals surface area contributed by atoms with Crippen molar-refractivity contribution < 1.29 is 0 Å². The molecule has 1 aromatic rings. The zero-order valence-corrected chi connectivity index (χ0v) is 8.81. The number of nitrogens with zero attached hydrogens (tertiary/aromatic N) is 1. The van der Waals surface area contributed by atoms with Gasteiger partial charge in [-0.2, -0.15) is 0 Å². The molecule has 2 nitrogen and oxygen atoms in total. The second-order valence-electron chi connectivity index (χ2n) is 2.98. The Morgan fingerprint density at radius 1 is 1.77 bits per heavy atom. The summed E-state index contributed by atoms with van der Waals surface area (Å²) < 4.78 is 0. The Hall–Kier alpha value is -0.670. The molecular formula is C10H16N2S. The van der Waals surface area contributed by atoms with Crippen LogP contribution in [0.4, 0.5) is 0 Å². The summed E-state index contributed by atoms with van der Waals surface area (Å²) >= 11 is 1.70. The molecule has 3 heteroatoms. The lowest BCUT2D eigenvalue weighted by atomic mass is 10.3. The van der Waals surface area contributed by atoms with Crippen LogP contribution in [0.3, 0.4) is 0 Å². The second-order valence-corrected chi connectivity index (χ2v) is 3.90. The minimum Gasteiger partial charge on any atom is -0.308 e. The largest absolute Gasteiger partial charge is 0.308 e. The first-order chi connectivity index (χ1) is 6.34. The lowest BCUT2D eigenvalue weighted by molar-refractivity contribution is 0.558. The van der Waals surface area contributed by atoms with Crippen LogP contribution < -0.4 is 5.32 Å². The summed E-state index contributed by atoms with van der Waals surface area (Å²) in [5, 5.41) is 6.60. The predicted octanol–water partition coefficient (Wildman–Crippen LogP) is 2.76. The third-order valence-corrected chi connectivity index (χ3v) is 2.82. The fourth-order valence-corrected chi connectivity index (χ4v) is 1.77. The second kappa shape index (κ2) is 5.89. The average molecular weight is 196 g/mol. The van der Waals surface area contributed by atoms with Crippen LogP contribution in [0.1, 0.15) is 30.8 Å². The lowest BCUT2D eigenvalue weighted by Crippen LogP contribution is -2.19. The van der Waals surface area contributed by atoms with Crippen molar-refractivity contribution in [1.82, 2.24) is 10.3 Å². The quantitative estimate of drug-likeness (QED) is 0.559. The number of hydrogen-bond acceptors (Lipinski definition) is 3. The maximum atomic E-state index is 4.25. The maximum Gasteiger partial charge on any atom is 0.109 e. The van der Waals surface area contributed by atoms with Crippen LogP contribution in [0.25, 0.3) is 0 Å². The minimum atomic E-state index is 0.379. The van der Waals surface area contributed by atoms with E-state index in [4.69, 9.17) is 0 Å². The highest BCUT2D eigenvalue weighted by molar-refractivity contribution is 7.09. The van der Waals surface area contributed by atoms with E-state index < -0.39 is 0 Å². The molecule has 0 radical (unpaired) electrons. The van der Waals surface area contributed by atoms with Gasteiger partial charge in [0.25, 0.3) is 0 Å². The first-order valence-electron chi connectivity index (χ1n) is 4.58. The summed E-state index contributed by atoms with van der Waals surface area (Å²) in [6, 6.07) is 0.379. The Labute approximate surface area is 83.7 Å². The van der Waals surface area contributed by atoms with Crippen LogP contribution in [-0.2, 0) is 0 Å². The van der Waals surface area contributed by atoms with Crippen LogP contribution in [-0.4, -0.2) is 11.5 Å². The number of unbranched alkanes of at least 4 members (excludes halogenated alkanes) is 1. The van der Waals surface area contributed by atoms with Crippen molar-refractivity contribution >= 4 is 11.3 Å². The van der Waals surface area contributed by atoms with Gasteiger partial charge in [0.05, 0.1) is 6.04 Å². The number of thiazole rings is 1. The van der Waals surface area contributed by atoms with Gasteiger partial charge in [0.2, 0.25) is 0 Å². The van der Waals surface area contributed by atoms with Gasteiger partial charge < -0.3 is 5.32 Å². The van der Waals surface area contributed by atoms with E-state index in [2.05, 4.69) is 23.8 Å². The summed E-state index contributed by atoms with van der Waals surface area (Å²) in [5.74, 6) is 0. The fourth-order valence-electron chi connectivity index (χ4n) is 1.10. The molecule has 0 fully saturated rings. The monoisotopic (exact) mass is 196 g/mol. The van der Waals surface area contributed by atoms with Crippen LogP contribution in [0.2, 0.25) is 0 Å². The van der Waals surface area contributed by atoms with Gasteiger partial charge >= 0.3 is 0 Å². The highest BCUT2D eigenvalue weighted by Crippen LogP contribution is 2.14. The van der Waals surface area contributed by atoms with Gasteiger partial charge in [0.15, 0.2) is 0 Å². The molecule has 0 bridgehead atoms. The smallest absolute Gasteiger partial charge is 0.109 e. The summed E-state index contributed by atoms with van der Waals surface area (Å²) in [4.78, 5) is 4.25. The van der Waals surface area contributed by atoms with E-state index in [1.165, 1.54) is 5.01 Å². The molecule has 0 amide bonds. The molecule has 0 saturated heterocycles. The molecule has 13 heavy (non-hydrogen) atoms. The van der Waals surface area contributed by atoms with E-state index in [9.17, 15) is 0 Å². The molecule has 1 N–H and O–H groups in total. The van der Waals surface area contributed by atoms with Gasteiger partial charge in [0.1, 0.15) is 5.01 Å². The Morgan fingerprint density at radius 3 is 3.23 bits per heavy atom. The zero-order chi connectivity index (χ0) is 9.52. The predicted molar refractivity (Wildman–Crippen MR) is 58.0 cm³/mol. The number of aromatic nitrogens is 1. The van der Waals surface area contributed by atoms with Crippen molar-refractivity contribution in [2.24, 2.45) is 0 Å². The summed E-state index contributed by atoms with van der Waals surface area (Å²) in [6.45, 7) is 6.87. The SMILES string of the molecule is C=CCCCNC(C)c1nccs1. The minimum absolute atomic E-state index is 0.379. The molecule has 0 aliphatic carbocycles. The zero-order valence-electron chi connectivity index (χ0n) is 7.99. The Balaban J connectivity index is 2.18. The molecule has 1 heterocycles. The van der Waals surface area contributed by atoms with E-state index in [0.29, 0.717) is 6.04 Å². The number of rotatable bonds is 6. The molecule has 0 aliphatic heterocycles. The highest BCUT2D eigenvalue weighted by atomic mass is 32.1. The van der Waals surface area contributed by atoms with Gasteiger partial charge in [-0.1, -0.05) is 6.08 Å². The van der Waals surface area contributed by atoms with Gasteiger partial charge in [-0.05, 0) is 26.3 Å². The van der Waals surface area contributed by atoms with Crippen LogP contribution >= 0.6 is 11.3 Å². The van der Waals surface area contributed by atoms with Crippen molar-refractivity contribution in [2.75, 3.05) is 6.54 Å². The number of allylic oxidation sites excluding steroid dienone is 1. The maximum absolute atomic E-state index is 4.25. The molecule has 0 aliphatic rings. The van der Waals surface area contributed by atoms with Crippen LogP contribution in [0.15, 0.2) is 24.2 Å². The van der Waals surface area contributed by atoms with Crippen LogP contribution in [0, 0.1) is 0 Å². The molecule has 0 spiro atoms. The third kappa shape index (κ3) is 3.70. The molecular weight excluding hydrogens is 180 g/mol.